The number of guanidine groups is 1. The maximum atomic E-state index is 8.77. The van der Waals surface area contributed by atoms with E-state index in [2.05, 4.69) is 24.2 Å². The fourth-order valence-electron chi connectivity index (χ4n) is 0.857. The van der Waals surface area contributed by atoms with Crippen molar-refractivity contribution in [2.75, 3.05) is 19.7 Å². The normalized spacial score (nSPS) is 13.5. The highest BCUT2D eigenvalue weighted by Crippen LogP contribution is 1.96. The van der Waals surface area contributed by atoms with Crippen molar-refractivity contribution < 1.29 is 5.11 Å². The van der Waals surface area contributed by atoms with Crippen LogP contribution in [-0.2, 0) is 0 Å². The fourth-order valence-corrected chi connectivity index (χ4v) is 0.857. The lowest BCUT2D eigenvalue weighted by Crippen LogP contribution is -2.33. The second-order valence-corrected chi connectivity index (χ2v) is 4.12. The smallest absolute Gasteiger partial charge is 0.188 e. The predicted octanol–water partition coefficient (Wildman–Crippen LogP) is 1.18. The van der Waals surface area contributed by atoms with Gasteiger partial charge in [-0.2, -0.15) is 0 Å². The molecule has 1 unspecified atom stereocenters. The Morgan fingerprint density at radius 3 is 2.47 bits per heavy atom. The minimum Gasteiger partial charge on any atom is -0.396 e. The van der Waals surface area contributed by atoms with Gasteiger partial charge in [0.05, 0.1) is 0 Å². The summed E-state index contributed by atoms with van der Waals surface area (Å²) in [5.41, 5.74) is 5.62. The van der Waals surface area contributed by atoms with Crippen LogP contribution in [-0.4, -0.2) is 30.8 Å². The second kappa shape index (κ2) is 10.5. The number of aliphatic hydroxyl groups is 1. The first kappa shape index (κ1) is 17.4. The van der Waals surface area contributed by atoms with Gasteiger partial charge in [-0.3, -0.25) is 4.99 Å². The Kier molecular flexibility index (Phi) is 12.1. The van der Waals surface area contributed by atoms with Crippen molar-refractivity contribution in [1.82, 2.24) is 5.32 Å². The fraction of sp³-hybridized carbons (Fsp3) is 0.900. The SMILES string of the molecule is CC(C)CCNC(N)=NCC(C)CO.I. The molecule has 0 spiro atoms. The molecule has 0 saturated heterocycles. The quantitative estimate of drug-likeness (QED) is 0.389. The van der Waals surface area contributed by atoms with Gasteiger partial charge in [-0.15, -0.1) is 24.0 Å². The van der Waals surface area contributed by atoms with Crippen LogP contribution < -0.4 is 11.1 Å². The van der Waals surface area contributed by atoms with E-state index < -0.39 is 0 Å². The summed E-state index contributed by atoms with van der Waals surface area (Å²) in [7, 11) is 0. The molecule has 0 aliphatic heterocycles. The zero-order valence-electron chi connectivity index (χ0n) is 9.86. The molecule has 1 atom stereocenters. The van der Waals surface area contributed by atoms with Crippen LogP contribution in [0.5, 0.6) is 0 Å². The van der Waals surface area contributed by atoms with Gasteiger partial charge in [0.2, 0.25) is 0 Å². The molecule has 0 fully saturated rings. The van der Waals surface area contributed by atoms with Gasteiger partial charge in [0, 0.05) is 19.7 Å². The van der Waals surface area contributed by atoms with E-state index in [0.717, 1.165) is 13.0 Å². The average Bonchev–Trinajstić information content (AvgIpc) is 2.13. The van der Waals surface area contributed by atoms with Crippen LogP contribution in [0.2, 0.25) is 0 Å². The Bertz CT molecular complexity index is 174. The summed E-state index contributed by atoms with van der Waals surface area (Å²) in [6.07, 6.45) is 1.09. The topological polar surface area (TPSA) is 70.6 Å². The van der Waals surface area contributed by atoms with E-state index in [-0.39, 0.29) is 36.5 Å². The number of aliphatic hydroxyl groups excluding tert-OH is 1. The summed E-state index contributed by atoms with van der Waals surface area (Å²) in [4.78, 5) is 4.12. The lowest BCUT2D eigenvalue weighted by atomic mass is 10.1. The molecule has 0 heterocycles. The highest BCUT2D eigenvalue weighted by Gasteiger charge is 1.98. The number of rotatable bonds is 6. The Labute approximate surface area is 110 Å². The first-order valence-electron chi connectivity index (χ1n) is 5.21. The molecule has 92 valence electrons. The largest absolute Gasteiger partial charge is 0.396 e. The van der Waals surface area contributed by atoms with Crippen molar-refractivity contribution in [2.24, 2.45) is 22.6 Å². The molecule has 0 amide bonds. The third-order valence-electron chi connectivity index (χ3n) is 1.91. The third-order valence-corrected chi connectivity index (χ3v) is 1.91. The number of nitrogens with zero attached hydrogens (tertiary/aromatic N) is 1. The summed E-state index contributed by atoms with van der Waals surface area (Å²) in [6, 6.07) is 0. The first-order chi connectivity index (χ1) is 6.56. The van der Waals surface area contributed by atoms with Crippen LogP contribution >= 0.6 is 24.0 Å². The van der Waals surface area contributed by atoms with Crippen molar-refractivity contribution in [1.29, 1.82) is 0 Å². The summed E-state index contributed by atoms with van der Waals surface area (Å²) in [6.45, 7) is 7.87. The summed E-state index contributed by atoms with van der Waals surface area (Å²) < 4.78 is 0. The molecule has 0 bridgehead atoms. The number of nitrogens with one attached hydrogen (secondary N) is 1. The molecular formula is C10H24IN3O. The number of aliphatic imine (C=N–C) groups is 1. The maximum absolute atomic E-state index is 8.77. The predicted molar refractivity (Wildman–Crippen MR) is 75.6 cm³/mol. The van der Waals surface area contributed by atoms with Crippen molar-refractivity contribution in [3.63, 3.8) is 0 Å². The number of nitrogens with two attached hydrogens (primary N) is 1. The van der Waals surface area contributed by atoms with Crippen molar-refractivity contribution in [2.45, 2.75) is 27.2 Å². The standard InChI is InChI=1S/C10H23N3O.HI/c1-8(2)4-5-12-10(11)13-6-9(3)7-14;/h8-9,14H,4-7H2,1-3H3,(H3,11,12,13);1H. The first-order valence-corrected chi connectivity index (χ1v) is 5.21. The monoisotopic (exact) mass is 329 g/mol. The van der Waals surface area contributed by atoms with Crippen LogP contribution in [0, 0.1) is 11.8 Å². The molecule has 15 heavy (non-hydrogen) atoms. The highest BCUT2D eigenvalue weighted by molar-refractivity contribution is 14.0. The minimum absolute atomic E-state index is 0. The van der Waals surface area contributed by atoms with Crippen LogP contribution in [0.25, 0.3) is 0 Å². The molecule has 5 heteroatoms. The van der Waals surface area contributed by atoms with Gasteiger partial charge in [0.15, 0.2) is 5.96 Å². The number of hydrogen-bond donors (Lipinski definition) is 3. The van der Waals surface area contributed by atoms with E-state index in [1.807, 2.05) is 6.92 Å². The van der Waals surface area contributed by atoms with Gasteiger partial charge in [-0.1, -0.05) is 20.8 Å². The van der Waals surface area contributed by atoms with Crippen molar-refractivity contribution in [3.05, 3.63) is 0 Å². The molecule has 4 N–H and O–H groups in total. The van der Waals surface area contributed by atoms with E-state index in [4.69, 9.17) is 10.8 Å². The highest BCUT2D eigenvalue weighted by atomic mass is 127. The Hall–Kier alpha value is -0.0400. The van der Waals surface area contributed by atoms with E-state index in [9.17, 15) is 0 Å². The van der Waals surface area contributed by atoms with Gasteiger partial charge in [-0.05, 0) is 18.3 Å². The molecule has 0 rings (SSSR count). The van der Waals surface area contributed by atoms with E-state index in [0.29, 0.717) is 18.4 Å². The zero-order valence-corrected chi connectivity index (χ0v) is 12.2. The lowest BCUT2D eigenvalue weighted by molar-refractivity contribution is 0.241. The molecule has 0 aromatic rings. The van der Waals surface area contributed by atoms with E-state index >= 15 is 0 Å². The van der Waals surface area contributed by atoms with Crippen molar-refractivity contribution in [3.8, 4) is 0 Å². The zero-order chi connectivity index (χ0) is 11.0. The Morgan fingerprint density at radius 1 is 1.40 bits per heavy atom. The molecule has 0 aliphatic carbocycles. The van der Waals surface area contributed by atoms with Gasteiger partial charge < -0.3 is 16.2 Å². The second-order valence-electron chi connectivity index (χ2n) is 4.12. The molecule has 0 saturated carbocycles. The lowest BCUT2D eigenvalue weighted by Gasteiger charge is -2.08. The Morgan fingerprint density at radius 2 is 2.00 bits per heavy atom. The van der Waals surface area contributed by atoms with Gasteiger partial charge in [-0.25, -0.2) is 0 Å². The van der Waals surface area contributed by atoms with Crippen LogP contribution in [0.4, 0.5) is 0 Å². The molecule has 0 aliphatic rings. The van der Waals surface area contributed by atoms with Crippen LogP contribution in [0.3, 0.4) is 0 Å². The summed E-state index contributed by atoms with van der Waals surface area (Å²) >= 11 is 0. The molecular weight excluding hydrogens is 305 g/mol. The van der Waals surface area contributed by atoms with Gasteiger partial charge >= 0.3 is 0 Å². The Balaban J connectivity index is 0. The van der Waals surface area contributed by atoms with Crippen LogP contribution in [0.1, 0.15) is 27.2 Å². The summed E-state index contributed by atoms with van der Waals surface area (Å²) in [5.74, 6) is 1.33. The number of hydrogen-bond acceptors (Lipinski definition) is 2. The average molecular weight is 329 g/mol. The molecule has 0 aromatic carbocycles. The summed E-state index contributed by atoms with van der Waals surface area (Å²) in [5, 5.41) is 11.8. The van der Waals surface area contributed by atoms with Gasteiger partial charge in [0.1, 0.15) is 0 Å². The minimum atomic E-state index is 0. The van der Waals surface area contributed by atoms with Gasteiger partial charge in [0.25, 0.3) is 0 Å². The van der Waals surface area contributed by atoms with Crippen molar-refractivity contribution >= 4 is 29.9 Å². The number of halogens is 1. The molecule has 0 aromatic heterocycles. The van der Waals surface area contributed by atoms with E-state index in [1.54, 1.807) is 0 Å². The maximum Gasteiger partial charge on any atom is 0.188 e. The van der Waals surface area contributed by atoms with Crippen LogP contribution in [0.15, 0.2) is 4.99 Å². The van der Waals surface area contributed by atoms with E-state index in [1.165, 1.54) is 0 Å². The molecule has 0 radical (unpaired) electrons. The molecule has 4 nitrogen and oxygen atoms in total. The third kappa shape index (κ3) is 11.9.